The Morgan fingerprint density at radius 2 is 1.95 bits per heavy atom. The summed E-state index contributed by atoms with van der Waals surface area (Å²) in [5.74, 6) is 0. The average Bonchev–Trinajstić information content (AvgIpc) is 2.85. The maximum Gasteiger partial charge on any atom is 0.110 e. The highest BCUT2D eigenvalue weighted by molar-refractivity contribution is 5.55. The predicted octanol–water partition coefficient (Wildman–Crippen LogP) is 3.56. The summed E-state index contributed by atoms with van der Waals surface area (Å²) >= 11 is 0. The van der Waals surface area contributed by atoms with E-state index in [9.17, 15) is 5.11 Å². The van der Waals surface area contributed by atoms with Crippen molar-refractivity contribution in [3.8, 4) is 0 Å². The monoisotopic (exact) mass is 279 g/mol. The van der Waals surface area contributed by atoms with E-state index in [4.69, 9.17) is 0 Å². The van der Waals surface area contributed by atoms with E-state index >= 15 is 0 Å². The minimum absolute atomic E-state index is 0.107. The first-order valence-corrected chi connectivity index (χ1v) is 7.84. The van der Waals surface area contributed by atoms with E-state index in [0.29, 0.717) is 0 Å². The molecule has 21 heavy (non-hydrogen) atoms. The number of para-hydroxylation sites is 1. The van der Waals surface area contributed by atoms with Crippen molar-refractivity contribution in [3.63, 3.8) is 0 Å². The third-order valence-corrected chi connectivity index (χ3v) is 5.13. The molecule has 0 bridgehead atoms. The van der Waals surface area contributed by atoms with Crippen LogP contribution in [0.15, 0.2) is 42.5 Å². The lowest BCUT2D eigenvalue weighted by atomic mass is 9.81. The lowest BCUT2D eigenvalue weighted by molar-refractivity contribution is 0.0146. The Bertz CT molecular complexity index is 694. The third-order valence-electron chi connectivity index (χ3n) is 5.13. The van der Waals surface area contributed by atoms with Gasteiger partial charge in [-0.15, -0.1) is 0 Å². The van der Waals surface area contributed by atoms with Gasteiger partial charge in [0.2, 0.25) is 0 Å². The maximum atomic E-state index is 11.4. The number of aryl methyl sites for hydroxylation is 3. The van der Waals surface area contributed by atoms with Gasteiger partial charge in [0.15, 0.2) is 0 Å². The molecule has 0 aromatic heterocycles. The largest absolute Gasteiger partial charge is 0.383 e. The number of hydrogen-bond donors (Lipinski definition) is 2. The molecule has 4 rings (SSSR count). The van der Waals surface area contributed by atoms with Gasteiger partial charge < -0.3 is 10.4 Å². The number of aliphatic hydroxyl groups is 1. The normalized spacial score (nSPS) is 26.9. The number of rotatable bonds is 1. The fourth-order valence-corrected chi connectivity index (χ4v) is 3.93. The zero-order valence-corrected chi connectivity index (χ0v) is 12.4. The molecular formula is C19H21NO. The van der Waals surface area contributed by atoms with Gasteiger partial charge >= 0.3 is 0 Å². The van der Waals surface area contributed by atoms with Crippen molar-refractivity contribution in [2.45, 2.75) is 44.2 Å². The fourth-order valence-electron chi connectivity index (χ4n) is 3.93. The molecule has 2 unspecified atom stereocenters. The molecule has 0 spiro atoms. The van der Waals surface area contributed by atoms with Gasteiger partial charge in [0.1, 0.15) is 5.60 Å². The molecule has 1 aliphatic heterocycles. The molecular weight excluding hydrogens is 258 g/mol. The van der Waals surface area contributed by atoms with E-state index in [1.807, 2.05) is 0 Å². The maximum absolute atomic E-state index is 11.4. The first kappa shape index (κ1) is 12.9. The summed E-state index contributed by atoms with van der Waals surface area (Å²) in [5, 5.41) is 14.9. The number of anilines is 1. The summed E-state index contributed by atoms with van der Waals surface area (Å²) in [7, 11) is 0. The Morgan fingerprint density at radius 3 is 2.86 bits per heavy atom. The van der Waals surface area contributed by atoms with Gasteiger partial charge in [-0.25, -0.2) is 0 Å². The predicted molar refractivity (Wildman–Crippen MR) is 85.6 cm³/mol. The van der Waals surface area contributed by atoms with E-state index in [0.717, 1.165) is 31.2 Å². The summed E-state index contributed by atoms with van der Waals surface area (Å²) in [4.78, 5) is 0. The van der Waals surface area contributed by atoms with Crippen LogP contribution in [0.2, 0.25) is 0 Å². The molecule has 2 heteroatoms. The first-order chi connectivity index (χ1) is 10.2. The van der Waals surface area contributed by atoms with E-state index in [1.165, 1.54) is 22.4 Å². The second kappa shape index (κ2) is 4.60. The first-order valence-electron chi connectivity index (χ1n) is 7.84. The van der Waals surface area contributed by atoms with Crippen LogP contribution in [0.5, 0.6) is 0 Å². The van der Waals surface area contributed by atoms with E-state index in [1.54, 1.807) is 0 Å². The van der Waals surface area contributed by atoms with Crippen LogP contribution >= 0.6 is 0 Å². The number of nitrogens with one attached hydrogen (secondary N) is 1. The lowest BCUT2D eigenvalue weighted by Gasteiger charge is -2.38. The molecule has 2 aliphatic rings. The van der Waals surface area contributed by atoms with Gasteiger partial charge in [-0.2, -0.15) is 0 Å². The van der Waals surface area contributed by atoms with Gasteiger partial charge in [0.05, 0.1) is 6.04 Å². The van der Waals surface area contributed by atoms with Crippen LogP contribution in [0, 0.1) is 6.92 Å². The van der Waals surface area contributed by atoms with Crippen molar-refractivity contribution in [2.24, 2.45) is 0 Å². The van der Waals surface area contributed by atoms with Crippen molar-refractivity contribution >= 4 is 5.69 Å². The average molecular weight is 279 g/mol. The number of hydrogen-bond acceptors (Lipinski definition) is 2. The molecule has 2 aromatic rings. The molecule has 0 saturated heterocycles. The minimum Gasteiger partial charge on any atom is -0.383 e. The van der Waals surface area contributed by atoms with Crippen LogP contribution in [0.3, 0.4) is 0 Å². The topological polar surface area (TPSA) is 32.3 Å². The quantitative estimate of drug-likeness (QED) is 0.836. The molecule has 1 aliphatic carbocycles. The molecule has 2 N–H and O–H groups in total. The molecule has 2 atom stereocenters. The van der Waals surface area contributed by atoms with Crippen molar-refractivity contribution in [3.05, 3.63) is 64.7 Å². The van der Waals surface area contributed by atoms with Crippen LogP contribution < -0.4 is 5.32 Å². The summed E-state index contributed by atoms with van der Waals surface area (Å²) in [5.41, 5.74) is 5.49. The van der Waals surface area contributed by atoms with Crippen molar-refractivity contribution in [2.75, 3.05) is 5.32 Å². The molecule has 1 heterocycles. The van der Waals surface area contributed by atoms with Crippen molar-refractivity contribution < 1.29 is 5.11 Å². The SMILES string of the molecule is Cc1ccc2c(c1)C(O)(C1CCc3ccccc3N1)CC2. The van der Waals surface area contributed by atoms with Crippen molar-refractivity contribution in [1.82, 2.24) is 0 Å². The van der Waals surface area contributed by atoms with E-state index in [-0.39, 0.29) is 6.04 Å². The van der Waals surface area contributed by atoms with Gasteiger partial charge in [-0.05, 0) is 55.4 Å². The standard InChI is InChI=1S/C19H21NO/c1-13-6-7-14-10-11-19(21,16(14)12-13)18-9-8-15-4-2-3-5-17(15)20-18/h2-7,12,18,20-21H,8-11H2,1H3. The highest BCUT2D eigenvalue weighted by Crippen LogP contribution is 2.43. The molecule has 0 amide bonds. The van der Waals surface area contributed by atoms with E-state index in [2.05, 4.69) is 54.7 Å². The Balaban J connectivity index is 1.71. The van der Waals surface area contributed by atoms with Crippen molar-refractivity contribution in [1.29, 1.82) is 0 Å². The summed E-state index contributed by atoms with van der Waals surface area (Å²) in [6.07, 6.45) is 3.83. The van der Waals surface area contributed by atoms with Crippen LogP contribution in [0.4, 0.5) is 5.69 Å². The Hall–Kier alpha value is -1.80. The fraction of sp³-hybridized carbons (Fsp3) is 0.368. The summed E-state index contributed by atoms with van der Waals surface area (Å²) < 4.78 is 0. The molecule has 2 nitrogen and oxygen atoms in total. The second-order valence-corrected chi connectivity index (χ2v) is 6.48. The summed E-state index contributed by atoms with van der Waals surface area (Å²) in [6, 6.07) is 15.1. The van der Waals surface area contributed by atoms with Gasteiger partial charge in [0, 0.05) is 5.69 Å². The van der Waals surface area contributed by atoms with Gasteiger partial charge in [0.25, 0.3) is 0 Å². The Morgan fingerprint density at radius 1 is 1.10 bits per heavy atom. The number of fused-ring (bicyclic) bond motifs is 2. The third kappa shape index (κ3) is 1.97. The van der Waals surface area contributed by atoms with Crippen LogP contribution in [-0.2, 0) is 18.4 Å². The molecule has 0 fully saturated rings. The van der Waals surface area contributed by atoms with Gasteiger partial charge in [-0.3, -0.25) is 0 Å². The highest BCUT2D eigenvalue weighted by Gasteiger charge is 2.44. The molecule has 0 radical (unpaired) electrons. The Labute approximate surface area is 125 Å². The highest BCUT2D eigenvalue weighted by atomic mass is 16.3. The zero-order chi connectivity index (χ0) is 14.4. The smallest absolute Gasteiger partial charge is 0.110 e. The lowest BCUT2D eigenvalue weighted by Crippen LogP contribution is -2.45. The molecule has 0 saturated carbocycles. The minimum atomic E-state index is -0.727. The van der Waals surface area contributed by atoms with Gasteiger partial charge in [-0.1, -0.05) is 42.0 Å². The molecule has 2 aromatic carbocycles. The zero-order valence-electron chi connectivity index (χ0n) is 12.4. The van der Waals surface area contributed by atoms with Crippen LogP contribution in [-0.4, -0.2) is 11.1 Å². The van der Waals surface area contributed by atoms with E-state index < -0.39 is 5.60 Å². The molecule has 108 valence electrons. The second-order valence-electron chi connectivity index (χ2n) is 6.48. The Kier molecular flexibility index (Phi) is 2.83. The van der Waals surface area contributed by atoms with Crippen LogP contribution in [0.1, 0.15) is 35.1 Å². The number of benzene rings is 2. The summed E-state index contributed by atoms with van der Waals surface area (Å²) in [6.45, 7) is 2.10. The van der Waals surface area contributed by atoms with Crippen LogP contribution in [0.25, 0.3) is 0 Å².